The van der Waals surface area contributed by atoms with E-state index in [2.05, 4.69) is 17.6 Å². The monoisotopic (exact) mass is 383 g/mol. The van der Waals surface area contributed by atoms with Crippen molar-refractivity contribution in [1.29, 1.82) is 0 Å². The number of rotatable bonds is 4. The highest BCUT2D eigenvalue weighted by molar-refractivity contribution is 7.86. The number of nitrogens with one attached hydrogen (secondary N) is 1. The average molecular weight is 383 g/mol. The van der Waals surface area contributed by atoms with Crippen LogP contribution in [0, 0.1) is 13.8 Å². The van der Waals surface area contributed by atoms with Gasteiger partial charge < -0.3 is 0 Å². The molecule has 4 rings (SSSR count). The molecule has 0 atom stereocenters. The SMILES string of the molecule is Cc1ccc(S(=O)(=O)ONc2c(C)sc3ccc4ccccc4c23)cc1. The fraction of sp³-hybridized carbons (Fsp3) is 0.100. The Bertz CT molecular complexity index is 1210. The molecule has 0 fully saturated rings. The van der Waals surface area contributed by atoms with Gasteiger partial charge in [0.1, 0.15) is 0 Å². The van der Waals surface area contributed by atoms with Crippen molar-refractivity contribution < 1.29 is 12.7 Å². The van der Waals surface area contributed by atoms with E-state index in [4.69, 9.17) is 4.28 Å². The zero-order chi connectivity index (χ0) is 18.3. The first-order valence-electron chi connectivity index (χ1n) is 8.13. The van der Waals surface area contributed by atoms with E-state index in [0.717, 1.165) is 31.3 Å². The minimum Gasteiger partial charge on any atom is -0.247 e. The molecule has 26 heavy (non-hydrogen) atoms. The molecule has 3 aromatic carbocycles. The fourth-order valence-corrected chi connectivity index (χ4v) is 4.74. The molecule has 6 heteroatoms. The summed E-state index contributed by atoms with van der Waals surface area (Å²) in [5.74, 6) is 0. The molecule has 1 N–H and O–H groups in total. The van der Waals surface area contributed by atoms with E-state index >= 15 is 0 Å². The molecule has 1 heterocycles. The molecule has 0 aliphatic heterocycles. The van der Waals surface area contributed by atoms with Crippen LogP contribution in [0.15, 0.2) is 65.6 Å². The van der Waals surface area contributed by atoms with Crippen molar-refractivity contribution in [2.75, 3.05) is 5.48 Å². The molecule has 0 spiro atoms. The van der Waals surface area contributed by atoms with E-state index in [1.165, 1.54) is 0 Å². The van der Waals surface area contributed by atoms with Crippen LogP contribution in [0.1, 0.15) is 10.4 Å². The Labute approximate surface area is 156 Å². The van der Waals surface area contributed by atoms with E-state index in [0.29, 0.717) is 5.69 Å². The van der Waals surface area contributed by atoms with Crippen LogP contribution < -0.4 is 5.48 Å². The Balaban J connectivity index is 1.74. The third-order valence-electron chi connectivity index (χ3n) is 4.32. The predicted octanol–water partition coefficient (Wildman–Crippen LogP) is 5.40. The van der Waals surface area contributed by atoms with Gasteiger partial charge in [-0.2, -0.15) is 8.42 Å². The predicted molar refractivity (Wildman–Crippen MR) is 107 cm³/mol. The summed E-state index contributed by atoms with van der Waals surface area (Å²) >= 11 is 1.60. The van der Waals surface area contributed by atoms with Gasteiger partial charge in [0.05, 0.1) is 10.6 Å². The summed E-state index contributed by atoms with van der Waals surface area (Å²) in [6.07, 6.45) is 0. The summed E-state index contributed by atoms with van der Waals surface area (Å²) in [5.41, 5.74) is 4.38. The second-order valence-corrected chi connectivity index (χ2v) is 8.95. The number of thiophene rings is 1. The Morgan fingerprint density at radius 2 is 1.65 bits per heavy atom. The van der Waals surface area contributed by atoms with Crippen molar-refractivity contribution in [2.45, 2.75) is 18.7 Å². The summed E-state index contributed by atoms with van der Waals surface area (Å²) in [6, 6.07) is 18.7. The molecule has 0 unspecified atom stereocenters. The number of anilines is 1. The first-order valence-corrected chi connectivity index (χ1v) is 10.4. The second kappa shape index (κ2) is 6.39. The summed E-state index contributed by atoms with van der Waals surface area (Å²) in [5, 5.41) is 3.14. The van der Waals surface area contributed by atoms with E-state index < -0.39 is 10.1 Å². The largest absolute Gasteiger partial charge is 0.317 e. The zero-order valence-electron chi connectivity index (χ0n) is 14.3. The van der Waals surface area contributed by atoms with Crippen LogP contribution in [0.3, 0.4) is 0 Å². The molecule has 0 bridgehead atoms. The lowest BCUT2D eigenvalue weighted by atomic mass is 10.1. The molecule has 4 nitrogen and oxygen atoms in total. The van der Waals surface area contributed by atoms with Gasteiger partial charge in [0.25, 0.3) is 0 Å². The lowest BCUT2D eigenvalue weighted by Gasteiger charge is -2.09. The van der Waals surface area contributed by atoms with Gasteiger partial charge in [-0.3, -0.25) is 0 Å². The molecule has 0 saturated heterocycles. The standard InChI is InChI=1S/C20H17NO3S2/c1-13-7-10-16(11-8-13)26(22,23)24-21-20-14(2)25-18-12-9-15-5-3-4-6-17(15)19(18)20/h3-12,21H,1-2H3. The van der Waals surface area contributed by atoms with Gasteiger partial charge in [0.2, 0.25) is 0 Å². The highest BCUT2D eigenvalue weighted by Gasteiger charge is 2.18. The third kappa shape index (κ3) is 2.96. The molecule has 0 aliphatic carbocycles. The first kappa shape index (κ1) is 17.0. The van der Waals surface area contributed by atoms with Gasteiger partial charge in [0, 0.05) is 15.0 Å². The van der Waals surface area contributed by atoms with Gasteiger partial charge in [0.15, 0.2) is 0 Å². The lowest BCUT2D eigenvalue weighted by Crippen LogP contribution is -2.12. The maximum absolute atomic E-state index is 12.5. The van der Waals surface area contributed by atoms with Crippen LogP contribution in [0.2, 0.25) is 0 Å². The molecule has 4 aromatic rings. The summed E-state index contributed by atoms with van der Waals surface area (Å²) in [4.78, 5) is 1.09. The Morgan fingerprint density at radius 1 is 0.923 bits per heavy atom. The summed E-state index contributed by atoms with van der Waals surface area (Å²) in [6.45, 7) is 3.85. The van der Waals surface area contributed by atoms with Crippen molar-refractivity contribution in [3.8, 4) is 0 Å². The quantitative estimate of drug-likeness (QED) is 0.479. The molecular weight excluding hydrogens is 366 g/mol. The van der Waals surface area contributed by atoms with Crippen molar-refractivity contribution in [1.82, 2.24) is 0 Å². The number of fused-ring (bicyclic) bond motifs is 3. The maximum atomic E-state index is 12.5. The van der Waals surface area contributed by atoms with Crippen LogP contribution in [-0.2, 0) is 14.4 Å². The van der Waals surface area contributed by atoms with Crippen molar-refractivity contribution in [2.24, 2.45) is 0 Å². The minimum absolute atomic E-state index is 0.123. The second-order valence-electron chi connectivity index (χ2n) is 6.15. The Hall–Kier alpha value is -2.41. The van der Waals surface area contributed by atoms with Crippen LogP contribution in [0.5, 0.6) is 0 Å². The molecule has 0 amide bonds. The van der Waals surface area contributed by atoms with Crippen LogP contribution >= 0.6 is 11.3 Å². The highest BCUT2D eigenvalue weighted by Crippen LogP contribution is 2.40. The maximum Gasteiger partial charge on any atom is 0.317 e. The van der Waals surface area contributed by atoms with E-state index in [9.17, 15) is 8.42 Å². The molecule has 0 radical (unpaired) electrons. The third-order valence-corrected chi connectivity index (χ3v) is 6.54. The first-order chi connectivity index (χ1) is 12.5. The molecule has 1 aromatic heterocycles. The van der Waals surface area contributed by atoms with Gasteiger partial charge in [-0.05, 0) is 42.8 Å². The number of hydrogen-bond acceptors (Lipinski definition) is 5. The van der Waals surface area contributed by atoms with E-state index in [1.807, 2.05) is 38.1 Å². The summed E-state index contributed by atoms with van der Waals surface area (Å²) < 4.78 is 31.2. The minimum atomic E-state index is -3.90. The molecule has 0 aliphatic rings. The molecule has 132 valence electrons. The summed E-state index contributed by atoms with van der Waals surface area (Å²) in [7, 11) is -3.90. The number of aryl methyl sites for hydroxylation is 2. The topological polar surface area (TPSA) is 55.4 Å². The van der Waals surface area contributed by atoms with Crippen LogP contribution in [-0.4, -0.2) is 8.42 Å². The van der Waals surface area contributed by atoms with Gasteiger partial charge in [-0.25, -0.2) is 5.48 Å². The van der Waals surface area contributed by atoms with Crippen molar-refractivity contribution in [3.05, 3.63) is 71.1 Å². The van der Waals surface area contributed by atoms with Gasteiger partial charge in [-0.1, -0.05) is 48.0 Å². The Morgan fingerprint density at radius 3 is 2.42 bits per heavy atom. The normalized spacial score (nSPS) is 11.9. The highest BCUT2D eigenvalue weighted by atomic mass is 32.2. The smallest absolute Gasteiger partial charge is 0.247 e. The van der Waals surface area contributed by atoms with Crippen molar-refractivity contribution in [3.63, 3.8) is 0 Å². The van der Waals surface area contributed by atoms with E-state index in [1.54, 1.807) is 35.6 Å². The zero-order valence-corrected chi connectivity index (χ0v) is 15.9. The Kier molecular flexibility index (Phi) is 4.19. The van der Waals surface area contributed by atoms with Gasteiger partial charge in [-0.15, -0.1) is 15.6 Å². The van der Waals surface area contributed by atoms with Crippen LogP contribution in [0.4, 0.5) is 5.69 Å². The lowest BCUT2D eigenvalue weighted by molar-refractivity contribution is 0.391. The number of benzene rings is 3. The molecular formula is C20H17NO3S2. The average Bonchev–Trinajstić information content (AvgIpc) is 2.96. The van der Waals surface area contributed by atoms with Crippen molar-refractivity contribution >= 4 is 48.0 Å². The van der Waals surface area contributed by atoms with Crippen LogP contribution in [0.25, 0.3) is 20.9 Å². The van der Waals surface area contributed by atoms with E-state index in [-0.39, 0.29) is 4.90 Å². The number of hydrogen-bond donors (Lipinski definition) is 1. The molecule has 0 saturated carbocycles. The fourth-order valence-electron chi connectivity index (χ4n) is 2.96. The van der Waals surface area contributed by atoms with Gasteiger partial charge >= 0.3 is 10.1 Å².